The summed E-state index contributed by atoms with van der Waals surface area (Å²) in [4.78, 5) is 44.8. The molecule has 1 aromatic rings. The number of anilines is 2. The lowest BCUT2D eigenvalue weighted by molar-refractivity contribution is -0.134. The van der Waals surface area contributed by atoms with Crippen LogP contribution >= 0.6 is 0 Å². The fraction of sp³-hybridized carbons (Fsp3) is 0.625. The molecule has 0 radical (unpaired) electrons. The van der Waals surface area contributed by atoms with Gasteiger partial charge in [-0.25, -0.2) is 0 Å². The molecule has 1 unspecified atom stereocenters. The number of carbonyl (C=O) groups excluding carboxylic acids is 3. The first kappa shape index (κ1) is 23.5. The minimum Gasteiger partial charge on any atom is -0.369 e. The molecule has 3 aliphatic heterocycles. The first-order valence-electron chi connectivity index (χ1n) is 12.1. The van der Waals surface area contributed by atoms with Crippen LogP contribution in [0.3, 0.4) is 0 Å². The highest BCUT2D eigenvalue weighted by atomic mass is 16.2. The molecule has 0 saturated carbocycles. The average molecular weight is 457 g/mol. The SMILES string of the molecule is CN(c1cccc(N2CCN(CCC(=O)N3CCC(N)CC3)CC2)c1)C1CCC(=O)NC1=O. The van der Waals surface area contributed by atoms with Gasteiger partial charge in [0.15, 0.2) is 0 Å². The minimum atomic E-state index is -0.331. The fourth-order valence-corrected chi connectivity index (χ4v) is 4.93. The molecule has 3 heterocycles. The van der Waals surface area contributed by atoms with Crippen molar-refractivity contribution < 1.29 is 14.4 Å². The summed E-state index contributed by atoms with van der Waals surface area (Å²) in [7, 11) is 1.91. The van der Waals surface area contributed by atoms with Crippen LogP contribution < -0.4 is 20.9 Å². The Balaban J connectivity index is 1.26. The van der Waals surface area contributed by atoms with Crippen LogP contribution in [0.2, 0.25) is 0 Å². The number of nitrogens with zero attached hydrogens (tertiary/aromatic N) is 4. The zero-order valence-corrected chi connectivity index (χ0v) is 19.5. The summed E-state index contributed by atoms with van der Waals surface area (Å²) >= 11 is 0. The van der Waals surface area contributed by atoms with Gasteiger partial charge in [-0.05, 0) is 37.5 Å². The largest absolute Gasteiger partial charge is 0.369 e. The molecule has 0 spiro atoms. The second-order valence-corrected chi connectivity index (χ2v) is 9.39. The number of hydrogen-bond acceptors (Lipinski definition) is 7. The summed E-state index contributed by atoms with van der Waals surface area (Å²) in [5, 5.41) is 2.44. The van der Waals surface area contributed by atoms with Crippen molar-refractivity contribution in [3.8, 4) is 0 Å². The standard InChI is InChI=1S/C24H36N6O3/c1-27(21-5-6-22(31)26-24(21)33)19-3-2-4-20(17-19)29-15-13-28(14-16-29)10-9-23(32)30-11-7-18(25)8-12-30/h2-4,17-18,21H,5-16,25H2,1H3,(H,26,31,33). The van der Waals surface area contributed by atoms with Crippen LogP contribution in [0.15, 0.2) is 24.3 Å². The van der Waals surface area contributed by atoms with Crippen LogP contribution in [0.4, 0.5) is 11.4 Å². The molecule has 3 fully saturated rings. The number of imide groups is 1. The highest BCUT2D eigenvalue weighted by Crippen LogP contribution is 2.26. The van der Waals surface area contributed by atoms with Gasteiger partial charge in [0.05, 0.1) is 0 Å². The van der Waals surface area contributed by atoms with Crippen molar-refractivity contribution >= 4 is 29.1 Å². The molecule has 3 amide bonds. The third-order valence-electron chi connectivity index (χ3n) is 7.19. The molecule has 9 heteroatoms. The molecular formula is C24H36N6O3. The second kappa shape index (κ2) is 10.5. The Bertz CT molecular complexity index is 862. The van der Waals surface area contributed by atoms with E-state index < -0.39 is 0 Å². The first-order chi connectivity index (χ1) is 15.9. The summed E-state index contributed by atoms with van der Waals surface area (Å²) < 4.78 is 0. The molecule has 9 nitrogen and oxygen atoms in total. The van der Waals surface area contributed by atoms with Gasteiger partial charge in [0, 0.05) is 83.1 Å². The molecule has 33 heavy (non-hydrogen) atoms. The number of nitrogens with two attached hydrogens (primary N) is 1. The third-order valence-corrected chi connectivity index (χ3v) is 7.19. The molecule has 3 aliphatic rings. The maximum atomic E-state index is 12.5. The zero-order chi connectivity index (χ0) is 23.4. The Morgan fingerprint density at radius 1 is 1.09 bits per heavy atom. The molecule has 0 bridgehead atoms. The molecule has 0 aliphatic carbocycles. The number of hydrogen-bond donors (Lipinski definition) is 2. The second-order valence-electron chi connectivity index (χ2n) is 9.39. The monoisotopic (exact) mass is 456 g/mol. The van der Waals surface area contributed by atoms with Crippen molar-refractivity contribution in [1.29, 1.82) is 0 Å². The number of likely N-dealkylation sites (N-methyl/N-ethyl adjacent to an activating group) is 1. The zero-order valence-electron chi connectivity index (χ0n) is 19.5. The van der Waals surface area contributed by atoms with E-state index in [1.54, 1.807) is 0 Å². The van der Waals surface area contributed by atoms with Gasteiger partial charge in [0.2, 0.25) is 17.7 Å². The predicted octanol–water partition coefficient (Wildman–Crippen LogP) is 0.390. The lowest BCUT2D eigenvalue weighted by Gasteiger charge is -2.37. The predicted molar refractivity (Wildman–Crippen MR) is 128 cm³/mol. The van der Waals surface area contributed by atoms with Crippen molar-refractivity contribution in [3.05, 3.63) is 24.3 Å². The number of benzene rings is 1. The summed E-state index contributed by atoms with van der Waals surface area (Å²) in [6, 6.07) is 8.14. The van der Waals surface area contributed by atoms with Crippen LogP contribution in [0.25, 0.3) is 0 Å². The number of carbonyl (C=O) groups is 3. The van der Waals surface area contributed by atoms with E-state index >= 15 is 0 Å². The number of piperidine rings is 2. The third kappa shape index (κ3) is 5.83. The molecule has 3 N–H and O–H groups in total. The van der Waals surface area contributed by atoms with E-state index in [-0.39, 0.29) is 29.8 Å². The van der Waals surface area contributed by atoms with E-state index in [0.29, 0.717) is 19.3 Å². The molecule has 1 atom stereocenters. The van der Waals surface area contributed by atoms with Gasteiger partial charge in [-0.3, -0.25) is 24.6 Å². The Kier molecular flexibility index (Phi) is 7.49. The normalized spacial score (nSPS) is 22.9. The maximum absolute atomic E-state index is 12.5. The summed E-state index contributed by atoms with van der Waals surface area (Å²) in [6.07, 6.45) is 3.29. The Morgan fingerprint density at radius 2 is 1.82 bits per heavy atom. The number of likely N-dealkylation sites (tertiary alicyclic amines) is 1. The van der Waals surface area contributed by atoms with Gasteiger partial charge in [-0.15, -0.1) is 0 Å². The smallest absolute Gasteiger partial charge is 0.249 e. The van der Waals surface area contributed by atoms with E-state index in [9.17, 15) is 14.4 Å². The average Bonchev–Trinajstić information content (AvgIpc) is 2.83. The molecular weight excluding hydrogens is 420 g/mol. The molecule has 180 valence electrons. The van der Waals surface area contributed by atoms with Crippen molar-refractivity contribution in [2.75, 3.05) is 62.7 Å². The van der Waals surface area contributed by atoms with Gasteiger partial charge in [0.1, 0.15) is 6.04 Å². The minimum absolute atomic E-state index is 0.196. The van der Waals surface area contributed by atoms with Crippen molar-refractivity contribution in [2.24, 2.45) is 5.73 Å². The topological polar surface area (TPSA) is 102 Å². The van der Waals surface area contributed by atoms with Gasteiger partial charge < -0.3 is 20.4 Å². The lowest BCUT2D eigenvalue weighted by Crippen LogP contribution is -2.51. The van der Waals surface area contributed by atoms with Crippen molar-refractivity contribution in [1.82, 2.24) is 15.1 Å². The highest BCUT2D eigenvalue weighted by Gasteiger charge is 2.30. The Morgan fingerprint density at radius 3 is 2.52 bits per heavy atom. The number of piperazine rings is 1. The summed E-state index contributed by atoms with van der Waals surface area (Å²) in [5.41, 5.74) is 8.04. The summed E-state index contributed by atoms with van der Waals surface area (Å²) in [6.45, 7) is 6.02. The molecule has 1 aromatic carbocycles. The summed E-state index contributed by atoms with van der Waals surface area (Å²) in [5.74, 6) is -0.179. The number of nitrogens with one attached hydrogen (secondary N) is 1. The van der Waals surface area contributed by atoms with Gasteiger partial charge >= 0.3 is 0 Å². The first-order valence-corrected chi connectivity index (χ1v) is 12.1. The van der Waals surface area contributed by atoms with Gasteiger partial charge in [-0.1, -0.05) is 6.07 Å². The number of rotatable bonds is 6. The van der Waals surface area contributed by atoms with E-state index in [1.807, 2.05) is 29.0 Å². The van der Waals surface area contributed by atoms with Crippen LogP contribution in [-0.4, -0.2) is 92.5 Å². The molecule has 0 aromatic heterocycles. The quantitative estimate of drug-likeness (QED) is 0.597. The Hall–Kier alpha value is -2.65. The number of amides is 3. The van der Waals surface area contributed by atoms with E-state index in [1.165, 1.54) is 0 Å². The fourth-order valence-electron chi connectivity index (χ4n) is 4.93. The maximum Gasteiger partial charge on any atom is 0.249 e. The molecule has 4 rings (SSSR count). The Labute approximate surface area is 195 Å². The van der Waals surface area contributed by atoms with E-state index in [2.05, 4.69) is 27.2 Å². The van der Waals surface area contributed by atoms with E-state index in [4.69, 9.17) is 5.73 Å². The lowest BCUT2D eigenvalue weighted by atomic mass is 10.0. The van der Waals surface area contributed by atoms with Crippen LogP contribution in [0, 0.1) is 0 Å². The highest BCUT2D eigenvalue weighted by molar-refractivity contribution is 6.01. The van der Waals surface area contributed by atoms with Crippen molar-refractivity contribution in [2.45, 2.75) is 44.2 Å². The van der Waals surface area contributed by atoms with Crippen LogP contribution in [0.5, 0.6) is 0 Å². The van der Waals surface area contributed by atoms with Crippen molar-refractivity contribution in [3.63, 3.8) is 0 Å². The van der Waals surface area contributed by atoms with E-state index in [0.717, 1.165) is 70.0 Å². The van der Waals surface area contributed by atoms with Gasteiger partial charge in [0.25, 0.3) is 0 Å². The van der Waals surface area contributed by atoms with Gasteiger partial charge in [-0.2, -0.15) is 0 Å². The molecule has 3 saturated heterocycles. The van der Waals surface area contributed by atoms with Crippen LogP contribution in [0.1, 0.15) is 32.1 Å². The van der Waals surface area contributed by atoms with Crippen LogP contribution in [-0.2, 0) is 14.4 Å².